The fourth-order valence-corrected chi connectivity index (χ4v) is 2.94. The Morgan fingerprint density at radius 1 is 1.20 bits per heavy atom. The number of esters is 1. The average molecular weight is 287 g/mol. The summed E-state index contributed by atoms with van der Waals surface area (Å²) in [5.41, 5.74) is 9.48. The molecule has 0 spiro atoms. The molecule has 0 aliphatic rings. The molecule has 0 atom stereocenters. The van der Waals surface area contributed by atoms with Crippen LogP contribution in [0.4, 0.5) is 5.69 Å². The van der Waals surface area contributed by atoms with E-state index in [1.54, 1.807) is 17.8 Å². The summed E-state index contributed by atoms with van der Waals surface area (Å²) in [6, 6.07) is 13.4. The highest BCUT2D eigenvalue weighted by Crippen LogP contribution is 2.30. The minimum atomic E-state index is -0.307. The molecule has 2 aromatic rings. The van der Waals surface area contributed by atoms with Crippen LogP contribution in [0.15, 0.2) is 47.4 Å². The third kappa shape index (κ3) is 3.14. The zero-order valence-electron chi connectivity index (χ0n) is 11.6. The summed E-state index contributed by atoms with van der Waals surface area (Å²) in [6.45, 7) is 1.99. The predicted octanol–water partition coefficient (Wildman–Crippen LogP) is 3.66. The summed E-state index contributed by atoms with van der Waals surface area (Å²) in [4.78, 5) is 12.7. The number of para-hydroxylation sites is 1. The molecule has 0 radical (unpaired) electrons. The average Bonchev–Trinajstić information content (AvgIpc) is 2.48. The number of hydrogen-bond donors (Lipinski definition) is 1. The maximum atomic E-state index is 11.7. The van der Waals surface area contributed by atoms with Gasteiger partial charge < -0.3 is 10.5 Å². The van der Waals surface area contributed by atoms with Gasteiger partial charge in [-0.15, -0.1) is 11.8 Å². The number of nitrogens with two attached hydrogens (primary N) is 1. The van der Waals surface area contributed by atoms with Crippen molar-refractivity contribution in [3.8, 4) is 0 Å². The number of nitrogen functional groups attached to an aromatic ring is 1. The van der Waals surface area contributed by atoms with Crippen molar-refractivity contribution in [1.29, 1.82) is 0 Å². The van der Waals surface area contributed by atoms with Gasteiger partial charge in [-0.3, -0.25) is 0 Å². The van der Waals surface area contributed by atoms with Crippen LogP contribution in [0.5, 0.6) is 0 Å². The minimum absolute atomic E-state index is 0.307. The van der Waals surface area contributed by atoms with Crippen molar-refractivity contribution < 1.29 is 9.53 Å². The molecule has 3 nitrogen and oxygen atoms in total. The van der Waals surface area contributed by atoms with Gasteiger partial charge in [-0.25, -0.2) is 4.79 Å². The summed E-state index contributed by atoms with van der Waals surface area (Å²) >= 11 is 1.62. The van der Waals surface area contributed by atoms with Gasteiger partial charge in [0.05, 0.1) is 12.7 Å². The SMILES string of the molecule is COC(=O)c1ccccc1CSc1cccc(C)c1N. The van der Waals surface area contributed by atoms with Crippen LogP contribution in [0, 0.1) is 6.92 Å². The molecule has 0 fully saturated rings. The Morgan fingerprint density at radius 3 is 2.70 bits per heavy atom. The molecular formula is C16H17NO2S. The van der Waals surface area contributed by atoms with Crippen LogP contribution < -0.4 is 5.73 Å². The van der Waals surface area contributed by atoms with Crippen LogP contribution in [-0.4, -0.2) is 13.1 Å². The second kappa shape index (κ2) is 6.48. The Hall–Kier alpha value is -1.94. The molecule has 0 amide bonds. The lowest BCUT2D eigenvalue weighted by Gasteiger charge is -2.10. The molecular weight excluding hydrogens is 270 g/mol. The quantitative estimate of drug-likeness (QED) is 0.530. The van der Waals surface area contributed by atoms with E-state index in [9.17, 15) is 4.79 Å². The van der Waals surface area contributed by atoms with Gasteiger partial charge in [0.2, 0.25) is 0 Å². The van der Waals surface area contributed by atoms with Gasteiger partial charge in [0.1, 0.15) is 0 Å². The molecule has 4 heteroatoms. The number of carbonyl (C=O) groups excluding carboxylic acids is 1. The van der Waals surface area contributed by atoms with Crippen molar-refractivity contribution in [2.75, 3.05) is 12.8 Å². The number of carbonyl (C=O) groups is 1. The van der Waals surface area contributed by atoms with E-state index in [0.717, 1.165) is 21.7 Å². The topological polar surface area (TPSA) is 52.3 Å². The second-order valence-electron chi connectivity index (χ2n) is 4.42. The summed E-state index contributed by atoms with van der Waals surface area (Å²) in [6.07, 6.45) is 0. The highest BCUT2D eigenvalue weighted by atomic mass is 32.2. The Morgan fingerprint density at radius 2 is 1.95 bits per heavy atom. The summed E-state index contributed by atoms with van der Waals surface area (Å²) in [5.74, 6) is 0.372. The van der Waals surface area contributed by atoms with Crippen molar-refractivity contribution in [2.24, 2.45) is 0 Å². The van der Waals surface area contributed by atoms with E-state index in [0.29, 0.717) is 11.3 Å². The number of thioether (sulfide) groups is 1. The predicted molar refractivity (Wildman–Crippen MR) is 82.9 cm³/mol. The normalized spacial score (nSPS) is 10.3. The van der Waals surface area contributed by atoms with Gasteiger partial charge in [0.15, 0.2) is 0 Å². The number of rotatable bonds is 4. The molecule has 2 N–H and O–H groups in total. The molecule has 20 heavy (non-hydrogen) atoms. The van der Waals surface area contributed by atoms with Crippen LogP contribution in [-0.2, 0) is 10.5 Å². The number of methoxy groups -OCH3 is 1. The van der Waals surface area contributed by atoms with E-state index < -0.39 is 0 Å². The molecule has 2 aromatic carbocycles. The van der Waals surface area contributed by atoms with Gasteiger partial charge in [-0.2, -0.15) is 0 Å². The van der Waals surface area contributed by atoms with E-state index in [-0.39, 0.29) is 5.97 Å². The number of aryl methyl sites for hydroxylation is 1. The first-order chi connectivity index (χ1) is 9.63. The van der Waals surface area contributed by atoms with Gasteiger partial charge in [-0.05, 0) is 30.2 Å². The third-order valence-corrected chi connectivity index (χ3v) is 4.21. The zero-order chi connectivity index (χ0) is 14.5. The number of ether oxygens (including phenoxy) is 1. The lowest BCUT2D eigenvalue weighted by atomic mass is 10.1. The highest BCUT2D eigenvalue weighted by molar-refractivity contribution is 7.98. The van der Waals surface area contributed by atoms with Gasteiger partial charge >= 0.3 is 5.97 Å². The van der Waals surface area contributed by atoms with Crippen molar-refractivity contribution >= 4 is 23.4 Å². The fraction of sp³-hybridized carbons (Fsp3) is 0.188. The van der Waals surface area contributed by atoms with Crippen molar-refractivity contribution in [3.05, 3.63) is 59.2 Å². The number of anilines is 1. The first kappa shape index (κ1) is 14.5. The monoisotopic (exact) mass is 287 g/mol. The van der Waals surface area contributed by atoms with Crippen LogP contribution >= 0.6 is 11.8 Å². The van der Waals surface area contributed by atoms with E-state index in [4.69, 9.17) is 10.5 Å². The van der Waals surface area contributed by atoms with E-state index >= 15 is 0 Å². The lowest BCUT2D eigenvalue weighted by molar-refractivity contribution is 0.0600. The van der Waals surface area contributed by atoms with E-state index in [1.807, 2.05) is 43.3 Å². The van der Waals surface area contributed by atoms with Crippen LogP contribution in [0.25, 0.3) is 0 Å². The number of hydrogen-bond acceptors (Lipinski definition) is 4. The Labute approximate surface area is 123 Å². The fourth-order valence-electron chi connectivity index (χ4n) is 1.89. The second-order valence-corrected chi connectivity index (χ2v) is 5.44. The highest BCUT2D eigenvalue weighted by Gasteiger charge is 2.11. The Kier molecular flexibility index (Phi) is 4.69. The zero-order valence-corrected chi connectivity index (χ0v) is 12.4. The Bertz CT molecular complexity index is 626. The molecule has 0 saturated carbocycles. The molecule has 0 aliphatic heterocycles. The molecule has 0 unspecified atom stereocenters. The van der Waals surface area contributed by atoms with Gasteiger partial charge in [0, 0.05) is 16.3 Å². The maximum absolute atomic E-state index is 11.7. The first-order valence-electron chi connectivity index (χ1n) is 6.27. The Balaban J connectivity index is 2.19. The first-order valence-corrected chi connectivity index (χ1v) is 7.26. The molecule has 2 rings (SSSR count). The standard InChI is InChI=1S/C16H17NO2S/c1-11-6-5-9-14(15(11)17)20-10-12-7-3-4-8-13(12)16(18)19-2/h3-9H,10,17H2,1-2H3. The maximum Gasteiger partial charge on any atom is 0.338 e. The summed E-state index contributed by atoms with van der Waals surface area (Å²) in [7, 11) is 1.39. The minimum Gasteiger partial charge on any atom is -0.465 e. The molecule has 0 bridgehead atoms. The van der Waals surface area contributed by atoms with E-state index in [2.05, 4.69) is 0 Å². The van der Waals surface area contributed by atoms with Gasteiger partial charge in [0.25, 0.3) is 0 Å². The van der Waals surface area contributed by atoms with Gasteiger partial charge in [-0.1, -0.05) is 30.3 Å². The molecule has 0 heterocycles. The number of benzene rings is 2. The molecule has 0 aliphatic carbocycles. The van der Waals surface area contributed by atoms with Crippen molar-refractivity contribution in [2.45, 2.75) is 17.6 Å². The molecule has 0 saturated heterocycles. The van der Waals surface area contributed by atoms with E-state index in [1.165, 1.54) is 7.11 Å². The lowest BCUT2D eigenvalue weighted by Crippen LogP contribution is -2.04. The van der Waals surface area contributed by atoms with Crippen LogP contribution in [0.3, 0.4) is 0 Å². The van der Waals surface area contributed by atoms with Crippen LogP contribution in [0.1, 0.15) is 21.5 Å². The van der Waals surface area contributed by atoms with Crippen LogP contribution in [0.2, 0.25) is 0 Å². The smallest absolute Gasteiger partial charge is 0.338 e. The molecule has 104 valence electrons. The molecule has 0 aromatic heterocycles. The summed E-state index contributed by atoms with van der Waals surface area (Å²) < 4.78 is 4.80. The largest absolute Gasteiger partial charge is 0.465 e. The summed E-state index contributed by atoms with van der Waals surface area (Å²) in [5, 5.41) is 0. The van der Waals surface area contributed by atoms with Crippen molar-refractivity contribution in [1.82, 2.24) is 0 Å². The van der Waals surface area contributed by atoms with Crippen molar-refractivity contribution in [3.63, 3.8) is 0 Å². The third-order valence-electron chi connectivity index (χ3n) is 3.09.